The van der Waals surface area contributed by atoms with Crippen LogP contribution in [0.2, 0.25) is 0 Å². The maximum atomic E-state index is 13.2. The van der Waals surface area contributed by atoms with Crippen molar-refractivity contribution in [2.24, 2.45) is 0 Å². The molecule has 0 unspecified atom stereocenters. The van der Waals surface area contributed by atoms with Crippen LogP contribution in [0.3, 0.4) is 0 Å². The molecule has 0 aliphatic rings. The van der Waals surface area contributed by atoms with Crippen LogP contribution in [0.15, 0.2) is 37.1 Å². The lowest BCUT2D eigenvalue weighted by Gasteiger charge is -2.22. The molecule has 2 N–H and O–H groups in total. The monoisotopic (exact) mass is 461 g/mol. The van der Waals surface area contributed by atoms with E-state index in [1.165, 1.54) is 27.3 Å². The number of allylic oxidation sites excluding steroid dienone is 1. The average molecular weight is 462 g/mol. The van der Waals surface area contributed by atoms with Crippen LogP contribution >= 0.6 is 0 Å². The Balaban J connectivity index is 0.00000151. The number of methoxy groups -OCH3 is 1. The number of halogens is 3. The van der Waals surface area contributed by atoms with E-state index in [9.17, 15) is 21.6 Å². The fourth-order valence-electron chi connectivity index (χ4n) is 2.32. The fourth-order valence-corrected chi connectivity index (χ4v) is 2.84. The summed E-state index contributed by atoms with van der Waals surface area (Å²) in [6.45, 7) is 5.14. The van der Waals surface area contributed by atoms with Crippen molar-refractivity contribution < 1.29 is 26.3 Å². The van der Waals surface area contributed by atoms with Gasteiger partial charge in [-0.25, -0.2) is 13.4 Å². The highest BCUT2D eigenvalue weighted by molar-refractivity contribution is 7.92. The number of hydrogen-bond acceptors (Lipinski definition) is 7. The van der Waals surface area contributed by atoms with Crippen molar-refractivity contribution in [3.05, 3.63) is 48.2 Å². The topological polar surface area (TPSA) is 96.5 Å². The zero-order valence-electron chi connectivity index (χ0n) is 17.9. The number of rotatable bonds is 7. The van der Waals surface area contributed by atoms with Crippen LogP contribution in [0.25, 0.3) is 0 Å². The first-order chi connectivity index (χ1) is 14.4. The number of nitrogens with one attached hydrogen (secondary N) is 2. The lowest BCUT2D eigenvalue weighted by atomic mass is 10.1. The summed E-state index contributed by atoms with van der Waals surface area (Å²) in [5.41, 5.74) is -0.324. The number of anilines is 3. The highest BCUT2D eigenvalue weighted by Gasteiger charge is 2.35. The van der Waals surface area contributed by atoms with E-state index >= 15 is 0 Å². The van der Waals surface area contributed by atoms with Gasteiger partial charge in [0.05, 0.1) is 19.1 Å². The first-order valence-electron chi connectivity index (χ1n) is 8.92. The van der Waals surface area contributed by atoms with Crippen molar-refractivity contribution in [1.29, 1.82) is 0 Å². The number of alkyl halides is 3. The van der Waals surface area contributed by atoms with Crippen molar-refractivity contribution in [3.63, 3.8) is 0 Å². The number of nitrogens with zero attached hydrogens (tertiary/aromatic N) is 3. The SMILES string of the molecule is C=CC.CNc1ncc(C(F)(F)F)c(NCc2ccc(OC)cc2N(C)S(C)(=O)=O)n1. The van der Waals surface area contributed by atoms with E-state index in [2.05, 4.69) is 27.2 Å². The van der Waals surface area contributed by atoms with Gasteiger partial charge in [0, 0.05) is 32.9 Å². The molecule has 0 spiro atoms. The number of ether oxygens (including phenoxy) is 1. The third-order valence-electron chi connectivity index (χ3n) is 3.89. The summed E-state index contributed by atoms with van der Waals surface area (Å²) < 4.78 is 69.6. The largest absolute Gasteiger partial charge is 0.497 e. The van der Waals surface area contributed by atoms with Crippen molar-refractivity contribution in [1.82, 2.24) is 9.97 Å². The molecule has 1 heterocycles. The van der Waals surface area contributed by atoms with E-state index in [1.807, 2.05) is 6.92 Å². The molecule has 1 aromatic heterocycles. The Hall–Kier alpha value is -3.02. The van der Waals surface area contributed by atoms with Crippen LogP contribution in [-0.2, 0) is 22.7 Å². The minimum absolute atomic E-state index is 0.0127. The first-order valence-corrected chi connectivity index (χ1v) is 10.8. The van der Waals surface area contributed by atoms with Crippen LogP contribution < -0.4 is 19.7 Å². The molecular weight excluding hydrogens is 435 g/mol. The van der Waals surface area contributed by atoms with Crippen molar-refractivity contribution in [3.8, 4) is 5.75 Å². The molecule has 172 valence electrons. The highest BCUT2D eigenvalue weighted by atomic mass is 32.2. The maximum absolute atomic E-state index is 13.2. The molecule has 1 aromatic carbocycles. The molecule has 0 amide bonds. The number of benzene rings is 1. The quantitative estimate of drug-likeness (QED) is 0.606. The molecule has 0 aliphatic carbocycles. The minimum Gasteiger partial charge on any atom is -0.497 e. The third kappa shape index (κ3) is 7.31. The molecule has 0 fully saturated rings. The summed E-state index contributed by atoms with van der Waals surface area (Å²) in [6, 6.07) is 4.64. The van der Waals surface area contributed by atoms with Gasteiger partial charge in [0.2, 0.25) is 16.0 Å². The molecule has 0 saturated heterocycles. The first kappa shape index (κ1) is 26.0. The Morgan fingerprint density at radius 1 is 1.32 bits per heavy atom. The number of aromatic nitrogens is 2. The van der Waals surface area contributed by atoms with E-state index in [4.69, 9.17) is 4.74 Å². The molecule has 8 nitrogen and oxygen atoms in total. The lowest BCUT2D eigenvalue weighted by Crippen LogP contribution is -2.26. The molecule has 0 saturated carbocycles. The smallest absolute Gasteiger partial charge is 0.421 e. The van der Waals surface area contributed by atoms with Gasteiger partial charge in [0.25, 0.3) is 0 Å². The van der Waals surface area contributed by atoms with Gasteiger partial charge in [-0.05, 0) is 18.6 Å². The van der Waals surface area contributed by atoms with Crippen LogP contribution in [-0.4, -0.2) is 45.8 Å². The van der Waals surface area contributed by atoms with E-state index in [0.717, 1.165) is 10.6 Å². The van der Waals surface area contributed by atoms with Crippen LogP contribution in [0.1, 0.15) is 18.1 Å². The Kier molecular flexibility index (Phi) is 9.10. The summed E-state index contributed by atoms with van der Waals surface area (Å²) in [5, 5.41) is 5.20. The summed E-state index contributed by atoms with van der Waals surface area (Å²) in [5.74, 6) is -0.000860. The van der Waals surface area contributed by atoms with Gasteiger partial charge in [-0.15, -0.1) is 6.58 Å². The molecule has 2 rings (SSSR count). The van der Waals surface area contributed by atoms with Gasteiger partial charge < -0.3 is 15.4 Å². The summed E-state index contributed by atoms with van der Waals surface area (Å²) in [7, 11) is 0.657. The Bertz CT molecular complexity index is 998. The lowest BCUT2D eigenvalue weighted by molar-refractivity contribution is -0.137. The normalized spacial score (nSPS) is 11.1. The average Bonchev–Trinajstić information content (AvgIpc) is 2.70. The zero-order valence-corrected chi connectivity index (χ0v) is 18.7. The standard InChI is InChI=1S/C16H20F3N5O3S.C3H6/c1-20-15-22-9-12(16(17,18)19)14(23-15)21-8-10-5-6-11(27-3)7-13(10)24(2)28(4,25)26;1-3-2/h5-7,9H,8H2,1-4H3,(H2,20,21,22,23);3H,1H2,2H3. The minimum atomic E-state index is -4.65. The zero-order chi connectivity index (χ0) is 23.8. The van der Waals surface area contributed by atoms with Crippen LogP contribution in [0, 0.1) is 0 Å². The van der Waals surface area contributed by atoms with Gasteiger partial charge in [0.1, 0.15) is 17.1 Å². The van der Waals surface area contributed by atoms with Gasteiger partial charge >= 0.3 is 6.18 Å². The Labute approximate surface area is 180 Å². The van der Waals surface area contributed by atoms with E-state index < -0.39 is 27.6 Å². The van der Waals surface area contributed by atoms with Gasteiger partial charge in [-0.3, -0.25) is 4.31 Å². The number of sulfonamides is 1. The predicted octanol–water partition coefficient (Wildman–Crippen LogP) is 3.75. The van der Waals surface area contributed by atoms with Crippen molar-refractivity contribution in [2.45, 2.75) is 19.6 Å². The molecular formula is C19H26F3N5O3S. The summed E-state index contributed by atoms with van der Waals surface area (Å²) in [6.07, 6.45) is -1.20. The Morgan fingerprint density at radius 3 is 2.42 bits per heavy atom. The van der Waals surface area contributed by atoms with E-state index in [0.29, 0.717) is 17.5 Å². The number of hydrogen-bond donors (Lipinski definition) is 2. The molecule has 0 bridgehead atoms. The Morgan fingerprint density at radius 2 is 1.94 bits per heavy atom. The molecule has 0 atom stereocenters. The molecule has 0 radical (unpaired) electrons. The van der Waals surface area contributed by atoms with Gasteiger partial charge in [-0.1, -0.05) is 12.1 Å². The van der Waals surface area contributed by atoms with Crippen molar-refractivity contribution >= 4 is 27.5 Å². The predicted molar refractivity (Wildman–Crippen MR) is 116 cm³/mol. The van der Waals surface area contributed by atoms with E-state index in [-0.39, 0.29) is 18.2 Å². The van der Waals surface area contributed by atoms with Gasteiger partial charge in [0.15, 0.2) is 0 Å². The third-order valence-corrected chi connectivity index (χ3v) is 5.08. The summed E-state index contributed by atoms with van der Waals surface area (Å²) >= 11 is 0. The van der Waals surface area contributed by atoms with Crippen molar-refractivity contribution in [2.75, 3.05) is 42.4 Å². The van der Waals surface area contributed by atoms with E-state index in [1.54, 1.807) is 18.2 Å². The van der Waals surface area contributed by atoms with Gasteiger partial charge in [-0.2, -0.15) is 18.2 Å². The van der Waals surface area contributed by atoms with Crippen LogP contribution in [0.4, 0.5) is 30.6 Å². The molecule has 2 aromatic rings. The second kappa shape index (κ2) is 10.8. The highest BCUT2D eigenvalue weighted by Crippen LogP contribution is 2.34. The second-order valence-corrected chi connectivity index (χ2v) is 8.20. The second-order valence-electron chi connectivity index (χ2n) is 6.19. The molecule has 0 aliphatic heterocycles. The molecule has 12 heteroatoms. The van der Waals surface area contributed by atoms with Crippen LogP contribution in [0.5, 0.6) is 5.75 Å². The summed E-state index contributed by atoms with van der Waals surface area (Å²) in [4.78, 5) is 7.41. The maximum Gasteiger partial charge on any atom is 0.421 e. The fraction of sp³-hybridized carbons (Fsp3) is 0.368. The molecule has 31 heavy (non-hydrogen) atoms.